The lowest BCUT2D eigenvalue weighted by Gasteiger charge is -2.12. The van der Waals surface area contributed by atoms with Crippen LogP contribution in [0.2, 0.25) is 0 Å². The second kappa shape index (κ2) is 9.53. The Labute approximate surface area is 150 Å². The number of aryl methyl sites for hydroxylation is 1. The number of hydrogen-bond donors (Lipinski definition) is 2. The third-order valence-corrected chi connectivity index (χ3v) is 3.60. The predicted octanol–water partition coefficient (Wildman–Crippen LogP) is 3.12. The van der Waals surface area contributed by atoms with E-state index in [2.05, 4.69) is 5.32 Å². The van der Waals surface area contributed by atoms with Crippen LogP contribution in [0, 0.1) is 5.82 Å². The highest BCUT2D eigenvalue weighted by Gasteiger charge is 2.10. The molecule has 0 saturated heterocycles. The maximum absolute atomic E-state index is 13.5. The lowest BCUT2D eigenvalue weighted by atomic mass is 10.1. The van der Waals surface area contributed by atoms with E-state index in [0.717, 1.165) is 5.56 Å². The number of benzene rings is 2. The number of halogens is 1. The van der Waals surface area contributed by atoms with Crippen LogP contribution in [0.15, 0.2) is 42.5 Å². The van der Waals surface area contributed by atoms with Crippen LogP contribution in [-0.4, -0.2) is 37.3 Å². The Morgan fingerprint density at radius 2 is 1.85 bits per heavy atom. The molecule has 0 radical (unpaired) electrons. The number of aromatic carboxylic acids is 1. The van der Waals surface area contributed by atoms with Gasteiger partial charge in [0.1, 0.15) is 18.2 Å². The molecule has 0 fully saturated rings. The largest absolute Gasteiger partial charge is 0.489 e. The predicted molar refractivity (Wildman–Crippen MR) is 94.1 cm³/mol. The summed E-state index contributed by atoms with van der Waals surface area (Å²) >= 11 is 0. The Balaban J connectivity index is 1.94. The van der Waals surface area contributed by atoms with E-state index in [9.17, 15) is 14.0 Å². The Kier molecular flexibility index (Phi) is 7.11. The first-order valence-corrected chi connectivity index (χ1v) is 8.03. The summed E-state index contributed by atoms with van der Waals surface area (Å²) in [7, 11) is 1.54. The van der Waals surface area contributed by atoms with Crippen LogP contribution < -0.4 is 10.1 Å². The van der Waals surface area contributed by atoms with Crippen molar-refractivity contribution in [3.63, 3.8) is 0 Å². The van der Waals surface area contributed by atoms with Crippen LogP contribution in [-0.2, 0) is 16.0 Å². The molecule has 0 saturated carbocycles. The summed E-state index contributed by atoms with van der Waals surface area (Å²) in [6.07, 6.45) is 0.599. The molecule has 0 heterocycles. The monoisotopic (exact) mass is 361 g/mol. The maximum atomic E-state index is 13.5. The normalized spacial score (nSPS) is 10.4. The number of hydrogen-bond acceptors (Lipinski definition) is 4. The Morgan fingerprint density at radius 3 is 2.50 bits per heavy atom. The molecule has 0 aliphatic heterocycles. The molecule has 2 aromatic carbocycles. The topological polar surface area (TPSA) is 84.9 Å². The minimum absolute atomic E-state index is 0.167. The number of ether oxygens (including phenoxy) is 2. The van der Waals surface area contributed by atoms with Crippen molar-refractivity contribution >= 4 is 17.6 Å². The van der Waals surface area contributed by atoms with E-state index in [0.29, 0.717) is 18.8 Å². The van der Waals surface area contributed by atoms with Crippen molar-refractivity contribution < 1.29 is 28.6 Å². The van der Waals surface area contributed by atoms with Crippen LogP contribution in [0.5, 0.6) is 5.75 Å². The molecule has 0 aliphatic carbocycles. The molecule has 0 spiro atoms. The standard InChI is InChI=1S/C19H20FNO5/c1-25-10-11-26-17-8-7-15(20)12-16(17)21-18(22)9-4-13-2-5-14(6-3-13)19(23)24/h2-3,5-8,12H,4,9-11H2,1H3,(H,21,22)(H,23,24). The first kappa shape index (κ1) is 19.4. The van der Waals surface area contributed by atoms with Gasteiger partial charge in [0.15, 0.2) is 0 Å². The minimum Gasteiger partial charge on any atom is -0.489 e. The molecule has 0 atom stereocenters. The first-order valence-electron chi connectivity index (χ1n) is 8.03. The molecule has 2 rings (SSSR count). The summed E-state index contributed by atoms with van der Waals surface area (Å²) in [5, 5.41) is 11.5. The zero-order valence-electron chi connectivity index (χ0n) is 14.3. The van der Waals surface area contributed by atoms with Gasteiger partial charge in [-0.15, -0.1) is 0 Å². The second-order valence-electron chi connectivity index (χ2n) is 5.53. The van der Waals surface area contributed by atoms with Gasteiger partial charge in [0.25, 0.3) is 0 Å². The number of carbonyl (C=O) groups excluding carboxylic acids is 1. The van der Waals surface area contributed by atoms with Crippen molar-refractivity contribution in [2.24, 2.45) is 0 Å². The van der Waals surface area contributed by atoms with Gasteiger partial charge in [-0.3, -0.25) is 4.79 Å². The van der Waals surface area contributed by atoms with Crippen molar-refractivity contribution in [3.05, 3.63) is 59.4 Å². The molecule has 138 valence electrons. The maximum Gasteiger partial charge on any atom is 0.335 e. The lowest BCUT2D eigenvalue weighted by Crippen LogP contribution is -2.14. The van der Waals surface area contributed by atoms with Crippen molar-refractivity contribution in [1.82, 2.24) is 0 Å². The highest BCUT2D eigenvalue weighted by Crippen LogP contribution is 2.25. The van der Waals surface area contributed by atoms with Crippen LogP contribution in [0.25, 0.3) is 0 Å². The van der Waals surface area contributed by atoms with Gasteiger partial charge >= 0.3 is 5.97 Å². The first-order chi connectivity index (χ1) is 12.5. The van der Waals surface area contributed by atoms with Crippen molar-refractivity contribution in [1.29, 1.82) is 0 Å². The fourth-order valence-corrected chi connectivity index (χ4v) is 2.25. The molecular weight excluding hydrogens is 341 g/mol. The summed E-state index contributed by atoms with van der Waals surface area (Å²) in [4.78, 5) is 23.0. The van der Waals surface area contributed by atoms with Crippen LogP contribution in [0.3, 0.4) is 0 Å². The lowest BCUT2D eigenvalue weighted by molar-refractivity contribution is -0.116. The van der Waals surface area contributed by atoms with E-state index in [1.165, 1.54) is 30.3 Å². The molecule has 26 heavy (non-hydrogen) atoms. The van der Waals surface area contributed by atoms with E-state index in [1.807, 2.05) is 0 Å². The smallest absolute Gasteiger partial charge is 0.335 e. The molecule has 6 nitrogen and oxygen atoms in total. The fraction of sp³-hybridized carbons (Fsp3) is 0.263. The van der Waals surface area contributed by atoms with E-state index < -0.39 is 11.8 Å². The fourth-order valence-electron chi connectivity index (χ4n) is 2.25. The number of anilines is 1. The van der Waals surface area contributed by atoms with Gasteiger partial charge in [0.2, 0.25) is 5.91 Å². The zero-order chi connectivity index (χ0) is 18.9. The molecule has 0 aliphatic rings. The van der Waals surface area contributed by atoms with E-state index in [-0.39, 0.29) is 30.2 Å². The molecule has 1 amide bonds. The van der Waals surface area contributed by atoms with E-state index >= 15 is 0 Å². The van der Waals surface area contributed by atoms with Crippen molar-refractivity contribution in [3.8, 4) is 5.75 Å². The quantitative estimate of drug-likeness (QED) is 0.671. The van der Waals surface area contributed by atoms with Gasteiger partial charge in [0, 0.05) is 19.6 Å². The molecule has 2 N–H and O–H groups in total. The number of rotatable bonds is 9. The van der Waals surface area contributed by atoms with E-state index in [4.69, 9.17) is 14.6 Å². The van der Waals surface area contributed by atoms with Gasteiger partial charge < -0.3 is 19.9 Å². The summed E-state index contributed by atoms with van der Waals surface area (Å²) in [5.74, 6) is -1.41. The number of amides is 1. The summed E-state index contributed by atoms with van der Waals surface area (Å²) in [5.41, 5.74) is 1.28. The van der Waals surface area contributed by atoms with Gasteiger partial charge in [-0.1, -0.05) is 12.1 Å². The van der Waals surface area contributed by atoms with Crippen LogP contribution >= 0.6 is 0 Å². The van der Waals surface area contributed by atoms with Gasteiger partial charge in [0.05, 0.1) is 17.9 Å². The van der Waals surface area contributed by atoms with Gasteiger partial charge in [-0.05, 0) is 36.2 Å². The number of carboxylic acid groups (broad SMARTS) is 1. The Bertz CT molecular complexity index is 761. The molecular formula is C19H20FNO5. The summed E-state index contributed by atoms with van der Waals surface area (Å²) in [6, 6.07) is 10.2. The second-order valence-corrected chi connectivity index (χ2v) is 5.53. The molecule has 2 aromatic rings. The summed E-state index contributed by atoms with van der Waals surface area (Å²) in [6.45, 7) is 0.651. The number of nitrogens with one attached hydrogen (secondary N) is 1. The highest BCUT2D eigenvalue weighted by atomic mass is 19.1. The number of methoxy groups -OCH3 is 1. The van der Waals surface area contributed by atoms with Crippen LogP contribution in [0.4, 0.5) is 10.1 Å². The van der Waals surface area contributed by atoms with Crippen molar-refractivity contribution in [2.45, 2.75) is 12.8 Å². The van der Waals surface area contributed by atoms with Crippen molar-refractivity contribution in [2.75, 3.05) is 25.6 Å². The average molecular weight is 361 g/mol. The average Bonchev–Trinajstić information content (AvgIpc) is 2.62. The zero-order valence-corrected chi connectivity index (χ0v) is 14.3. The number of carbonyl (C=O) groups is 2. The molecule has 7 heteroatoms. The number of carboxylic acids is 1. The molecule has 0 unspecified atom stereocenters. The molecule has 0 bridgehead atoms. The third kappa shape index (κ3) is 5.86. The minimum atomic E-state index is -0.999. The summed E-state index contributed by atoms with van der Waals surface area (Å²) < 4.78 is 23.8. The third-order valence-electron chi connectivity index (χ3n) is 3.60. The SMILES string of the molecule is COCCOc1ccc(F)cc1NC(=O)CCc1ccc(C(=O)O)cc1. The van der Waals surface area contributed by atoms with Gasteiger partial charge in [-0.25, -0.2) is 9.18 Å². The Morgan fingerprint density at radius 1 is 1.12 bits per heavy atom. The van der Waals surface area contributed by atoms with E-state index in [1.54, 1.807) is 19.2 Å². The molecule has 0 aromatic heterocycles. The van der Waals surface area contributed by atoms with Gasteiger partial charge in [-0.2, -0.15) is 0 Å². The van der Waals surface area contributed by atoms with Crippen LogP contribution in [0.1, 0.15) is 22.3 Å². The highest BCUT2D eigenvalue weighted by molar-refractivity contribution is 5.92. The Hall–Kier alpha value is -2.93.